The smallest absolute Gasteiger partial charge is 0.0474 e. The lowest BCUT2D eigenvalue weighted by Gasteiger charge is -2.27. The van der Waals surface area contributed by atoms with Gasteiger partial charge in [-0.1, -0.05) is 297 Å². The Hall–Kier alpha value is -11.6. The molecule has 0 aliphatic heterocycles. The van der Waals surface area contributed by atoms with Crippen LogP contribution in [0.4, 0.5) is 34.1 Å². The van der Waals surface area contributed by atoms with Crippen LogP contribution in [-0.4, -0.2) is 0 Å². The quantitative estimate of drug-likeness (QED) is 0.114. The number of anilines is 6. The Morgan fingerprint density at radius 2 is 0.398 bits per heavy atom. The molecule has 0 amide bonds. The largest absolute Gasteiger partial charge is 0.310 e. The molecule has 2 heteroatoms. The van der Waals surface area contributed by atoms with Crippen LogP contribution < -0.4 is 9.80 Å². The second kappa shape index (κ2) is 25.3. The fraction of sp³-hybridized carbons (Fsp3) is 0. The van der Waals surface area contributed by atoms with E-state index in [1.54, 1.807) is 0 Å². The highest BCUT2D eigenvalue weighted by Crippen LogP contribution is 2.44. The molecular weight excluding hydrogens is 1060 g/mol. The summed E-state index contributed by atoms with van der Waals surface area (Å²) in [6, 6.07) is 135. The molecule has 88 heavy (non-hydrogen) atoms. The number of hydrogen-bond acceptors (Lipinski definition) is 2. The third-order valence-corrected chi connectivity index (χ3v) is 16.5. The minimum atomic E-state index is 1.11. The molecule has 15 aromatic rings. The fourth-order valence-electron chi connectivity index (χ4n) is 12.1. The predicted octanol–water partition coefficient (Wildman–Crippen LogP) is 24.3. The molecule has 0 saturated heterocycles. The molecule has 416 valence electrons. The molecule has 0 radical (unpaired) electrons. The zero-order valence-electron chi connectivity index (χ0n) is 48.7. The van der Waals surface area contributed by atoms with Gasteiger partial charge in [0.05, 0.1) is 0 Å². The summed E-state index contributed by atoms with van der Waals surface area (Å²) in [5, 5.41) is 4.92. The number of hydrogen-bond donors (Lipinski definition) is 0. The number of nitrogens with zero attached hydrogens (tertiary/aromatic N) is 2. The van der Waals surface area contributed by atoms with Crippen LogP contribution in [0.25, 0.3) is 99.4 Å². The van der Waals surface area contributed by atoms with Crippen molar-refractivity contribution < 1.29 is 0 Å². The third kappa shape index (κ3) is 11.8. The third-order valence-electron chi connectivity index (χ3n) is 16.5. The predicted molar refractivity (Wildman–Crippen MR) is 375 cm³/mol. The maximum atomic E-state index is 2.39. The molecule has 0 unspecified atom stereocenters. The van der Waals surface area contributed by atoms with Gasteiger partial charge >= 0.3 is 0 Å². The van der Waals surface area contributed by atoms with Crippen molar-refractivity contribution in [1.82, 2.24) is 0 Å². The van der Waals surface area contributed by atoms with Gasteiger partial charge in [-0.15, -0.1) is 0 Å². The van der Waals surface area contributed by atoms with E-state index in [1.165, 1.54) is 99.4 Å². The van der Waals surface area contributed by atoms with E-state index >= 15 is 0 Å². The van der Waals surface area contributed by atoms with E-state index in [-0.39, 0.29) is 0 Å². The Balaban J connectivity index is 0.000000156. The Morgan fingerprint density at radius 1 is 0.136 bits per heavy atom. The van der Waals surface area contributed by atoms with E-state index in [0.717, 1.165) is 34.1 Å². The van der Waals surface area contributed by atoms with Gasteiger partial charge in [0.25, 0.3) is 0 Å². The van der Waals surface area contributed by atoms with Crippen LogP contribution in [0.2, 0.25) is 0 Å². The highest BCUT2D eigenvalue weighted by atomic mass is 15.1. The summed E-state index contributed by atoms with van der Waals surface area (Å²) in [7, 11) is 0. The summed E-state index contributed by atoms with van der Waals surface area (Å²) in [5.74, 6) is 0. The van der Waals surface area contributed by atoms with Crippen LogP contribution in [0, 0.1) is 0 Å². The highest BCUT2D eigenvalue weighted by Gasteiger charge is 2.20. The SMILES string of the molecule is c1ccc(-c2ccc(N(c3cccc(-c4cccc(-c5ccccc5)c4)c3)c3cc(-c4ccccc4)c4ccccc4c3)cc2)cc1.c1ccc(-c2ccc(N(c3cccc(-c4ccccc4)c3)c3cc(-c4ccccc4)c4ccccc4c3)cc2)cc1. The molecule has 0 aromatic heterocycles. The first-order valence-corrected chi connectivity index (χ1v) is 30.1. The summed E-state index contributed by atoms with van der Waals surface area (Å²) in [4.78, 5) is 4.76. The molecule has 0 heterocycles. The van der Waals surface area contributed by atoms with Gasteiger partial charge in [-0.3, -0.25) is 0 Å². The molecule has 0 aliphatic carbocycles. The highest BCUT2D eigenvalue weighted by molar-refractivity contribution is 6.02. The van der Waals surface area contributed by atoms with Crippen molar-refractivity contribution >= 4 is 55.7 Å². The number of fused-ring (bicyclic) bond motifs is 2. The second-order valence-electron chi connectivity index (χ2n) is 22.1. The van der Waals surface area contributed by atoms with Gasteiger partial charge in [0, 0.05) is 34.1 Å². The number of rotatable bonds is 13. The molecule has 2 nitrogen and oxygen atoms in total. The first kappa shape index (κ1) is 54.4. The Labute approximate surface area is 516 Å². The van der Waals surface area contributed by atoms with E-state index in [9.17, 15) is 0 Å². The van der Waals surface area contributed by atoms with Crippen LogP contribution in [0.15, 0.2) is 376 Å². The van der Waals surface area contributed by atoms with Crippen LogP contribution in [0.5, 0.6) is 0 Å². The summed E-state index contributed by atoms with van der Waals surface area (Å²) >= 11 is 0. The van der Waals surface area contributed by atoms with Gasteiger partial charge in [0.15, 0.2) is 0 Å². The molecule has 0 spiro atoms. The van der Waals surface area contributed by atoms with Gasteiger partial charge in [-0.25, -0.2) is 0 Å². The van der Waals surface area contributed by atoms with Crippen LogP contribution in [0.1, 0.15) is 0 Å². The van der Waals surface area contributed by atoms with Crippen LogP contribution in [0.3, 0.4) is 0 Å². The van der Waals surface area contributed by atoms with E-state index in [2.05, 4.69) is 386 Å². The van der Waals surface area contributed by atoms with Gasteiger partial charge in [0.2, 0.25) is 0 Å². The monoisotopic (exact) mass is 1120 g/mol. The van der Waals surface area contributed by atoms with E-state index in [4.69, 9.17) is 0 Å². The van der Waals surface area contributed by atoms with Crippen molar-refractivity contribution in [3.8, 4) is 77.9 Å². The van der Waals surface area contributed by atoms with Crippen LogP contribution >= 0.6 is 0 Å². The first-order chi connectivity index (χ1) is 43.6. The second-order valence-corrected chi connectivity index (χ2v) is 22.1. The molecule has 15 rings (SSSR count). The van der Waals surface area contributed by atoms with Crippen molar-refractivity contribution in [2.75, 3.05) is 9.80 Å². The lowest BCUT2D eigenvalue weighted by molar-refractivity contribution is 1.29. The molecule has 0 aliphatic rings. The minimum absolute atomic E-state index is 1.11. The topological polar surface area (TPSA) is 6.48 Å². The Morgan fingerprint density at radius 3 is 0.773 bits per heavy atom. The zero-order valence-corrected chi connectivity index (χ0v) is 48.7. The Bertz CT molecular complexity index is 4800. The van der Waals surface area contributed by atoms with E-state index in [1.807, 2.05) is 0 Å². The summed E-state index contributed by atoms with van der Waals surface area (Å²) in [6.07, 6.45) is 0. The fourth-order valence-corrected chi connectivity index (χ4v) is 12.1. The van der Waals surface area contributed by atoms with Crippen molar-refractivity contribution in [3.63, 3.8) is 0 Å². The average Bonchev–Trinajstić information content (AvgIpc) is 1.34. The maximum absolute atomic E-state index is 2.39. The summed E-state index contributed by atoms with van der Waals surface area (Å²) in [6.45, 7) is 0. The van der Waals surface area contributed by atoms with Crippen LogP contribution in [-0.2, 0) is 0 Å². The molecule has 0 atom stereocenters. The zero-order chi connectivity index (χ0) is 58.9. The standard InChI is InChI=1S/C46H33N.C40H29N/c1-4-14-34(15-5-1)36-26-28-42(29-27-36)47(44-32-41-20-10-11-25-45(41)46(33-44)37-18-8-3-9-19-37)43-24-13-23-40(31-43)39-22-12-21-38(30-39)35-16-6-2-7-17-35;1-4-13-30(14-5-1)32-23-25-36(26-24-32)41(37-21-12-20-34(27-37)31-15-6-2-7-16-31)38-28-35-19-10-11-22-39(35)40(29-38)33-17-8-3-9-18-33/h1-33H;1-29H. The van der Waals surface area contributed by atoms with Crippen molar-refractivity contribution in [2.24, 2.45) is 0 Å². The first-order valence-electron chi connectivity index (χ1n) is 30.1. The van der Waals surface area contributed by atoms with Crippen molar-refractivity contribution in [2.45, 2.75) is 0 Å². The lowest BCUT2D eigenvalue weighted by Crippen LogP contribution is -2.10. The van der Waals surface area contributed by atoms with Gasteiger partial charge < -0.3 is 9.80 Å². The number of benzene rings is 15. The Kier molecular flexibility index (Phi) is 15.6. The normalized spacial score (nSPS) is 11.0. The molecule has 0 saturated carbocycles. The molecule has 0 bridgehead atoms. The van der Waals surface area contributed by atoms with E-state index in [0.29, 0.717) is 0 Å². The van der Waals surface area contributed by atoms with Gasteiger partial charge in [-0.05, 0) is 178 Å². The van der Waals surface area contributed by atoms with Crippen molar-refractivity contribution in [1.29, 1.82) is 0 Å². The van der Waals surface area contributed by atoms with Crippen molar-refractivity contribution in [3.05, 3.63) is 376 Å². The minimum Gasteiger partial charge on any atom is -0.310 e. The van der Waals surface area contributed by atoms with E-state index < -0.39 is 0 Å². The summed E-state index contributed by atoms with van der Waals surface area (Å²) < 4.78 is 0. The van der Waals surface area contributed by atoms with Gasteiger partial charge in [-0.2, -0.15) is 0 Å². The molecular formula is C86H62N2. The van der Waals surface area contributed by atoms with Gasteiger partial charge in [0.1, 0.15) is 0 Å². The lowest BCUT2D eigenvalue weighted by atomic mass is 9.96. The molecule has 0 fully saturated rings. The summed E-state index contributed by atoms with van der Waals surface area (Å²) in [5.41, 5.74) is 23.6. The molecule has 0 N–H and O–H groups in total. The average molecular weight is 1120 g/mol. The molecule has 15 aromatic carbocycles. The maximum Gasteiger partial charge on any atom is 0.0474 e.